The van der Waals surface area contributed by atoms with Gasteiger partial charge in [-0.2, -0.15) is 0 Å². The van der Waals surface area contributed by atoms with Gasteiger partial charge in [0, 0.05) is 10.7 Å². The predicted octanol–water partition coefficient (Wildman–Crippen LogP) is 5.29. The van der Waals surface area contributed by atoms with Crippen LogP contribution in [0.1, 0.15) is 23.7 Å². The molecule has 20 heavy (non-hydrogen) atoms. The van der Waals surface area contributed by atoms with E-state index in [2.05, 4.69) is 34.7 Å². The lowest BCUT2D eigenvalue weighted by molar-refractivity contribution is 0.882. The molecule has 3 aromatic rings. The monoisotopic (exact) mass is 304 g/mol. The molecule has 1 atom stereocenters. The first-order valence-electron chi connectivity index (χ1n) is 6.45. The smallest absolute Gasteiger partial charge is 0.132 e. The molecule has 0 amide bonds. The Bertz CT molecular complexity index is 758. The molecule has 0 spiro atoms. The molecule has 3 rings (SSSR count). The Hall–Kier alpha value is -1.51. The maximum Gasteiger partial charge on any atom is 0.132 e. The van der Waals surface area contributed by atoms with Gasteiger partial charge in [0.15, 0.2) is 0 Å². The van der Waals surface area contributed by atoms with Crippen LogP contribution >= 0.6 is 23.2 Å². The summed E-state index contributed by atoms with van der Waals surface area (Å²) in [5, 5.41) is 0.549. The first-order chi connectivity index (χ1) is 9.56. The minimum atomic E-state index is -0.168. The second-order valence-corrected chi connectivity index (χ2v) is 5.98. The first kappa shape index (κ1) is 13.5. The van der Waals surface area contributed by atoms with Gasteiger partial charge in [0.25, 0.3) is 0 Å². The van der Waals surface area contributed by atoms with E-state index in [1.807, 2.05) is 31.2 Å². The van der Waals surface area contributed by atoms with E-state index in [4.69, 9.17) is 23.2 Å². The molecule has 0 fully saturated rings. The van der Waals surface area contributed by atoms with Crippen molar-refractivity contribution in [3.63, 3.8) is 0 Å². The fourth-order valence-electron chi connectivity index (χ4n) is 2.34. The molecule has 0 radical (unpaired) electrons. The van der Waals surface area contributed by atoms with Gasteiger partial charge in [-0.1, -0.05) is 17.7 Å². The zero-order valence-corrected chi connectivity index (χ0v) is 12.8. The van der Waals surface area contributed by atoms with Crippen LogP contribution in [0, 0.1) is 6.92 Å². The highest BCUT2D eigenvalue weighted by atomic mass is 35.5. The number of nitrogens with zero attached hydrogens (tertiary/aromatic N) is 2. The quantitative estimate of drug-likeness (QED) is 0.588. The van der Waals surface area contributed by atoms with E-state index in [-0.39, 0.29) is 5.38 Å². The molecular formula is C16H14Cl2N2. The van der Waals surface area contributed by atoms with Crippen LogP contribution in [0.2, 0.25) is 5.02 Å². The summed E-state index contributed by atoms with van der Waals surface area (Å²) in [6.07, 6.45) is 0. The first-order valence-corrected chi connectivity index (χ1v) is 7.27. The number of imidazole rings is 1. The normalized spacial score (nSPS) is 12.8. The Morgan fingerprint density at radius 3 is 2.45 bits per heavy atom. The van der Waals surface area contributed by atoms with Crippen molar-refractivity contribution in [2.45, 2.75) is 19.2 Å². The average Bonchev–Trinajstić information content (AvgIpc) is 2.78. The molecule has 102 valence electrons. The summed E-state index contributed by atoms with van der Waals surface area (Å²) in [5.74, 6) is 0.842. The third kappa shape index (κ3) is 2.30. The molecule has 0 N–H and O–H groups in total. The third-order valence-electron chi connectivity index (χ3n) is 3.28. The van der Waals surface area contributed by atoms with Gasteiger partial charge in [-0.25, -0.2) is 4.98 Å². The zero-order valence-electron chi connectivity index (χ0n) is 11.3. The Kier molecular flexibility index (Phi) is 3.45. The lowest BCUT2D eigenvalue weighted by atomic mass is 10.2. The zero-order chi connectivity index (χ0) is 14.3. The van der Waals surface area contributed by atoms with Crippen LogP contribution in [-0.4, -0.2) is 9.55 Å². The molecule has 2 aromatic carbocycles. The number of alkyl halides is 1. The van der Waals surface area contributed by atoms with E-state index in [1.54, 1.807) is 0 Å². The lowest BCUT2D eigenvalue weighted by Gasteiger charge is -2.10. The molecular weight excluding hydrogens is 291 g/mol. The van der Waals surface area contributed by atoms with Crippen LogP contribution in [-0.2, 0) is 0 Å². The van der Waals surface area contributed by atoms with E-state index < -0.39 is 0 Å². The molecule has 0 aliphatic heterocycles. The molecule has 0 aliphatic carbocycles. The van der Waals surface area contributed by atoms with Crippen LogP contribution in [0.4, 0.5) is 0 Å². The summed E-state index contributed by atoms with van der Waals surface area (Å²) in [7, 11) is 0. The predicted molar refractivity (Wildman–Crippen MR) is 85.1 cm³/mol. The number of benzene rings is 2. The van der Waals surface area contributed by atoms with E-state index in [1.165, 1.54) is 5.56 Å². The van der Waals surface area contributed by atoms with Crippen molar-refractivity contribution in [2.24, 2.45) is 0 Å². The lowest BCUT2D eigenvalue weighted by Crippen LogP contribution is -2.01. The topological polar surface area (TPSA) is 17.8 Å². The third-order valence-corrected chi connectivity index (χ3v) is 3.72. The van der Waals surface area contributed by atoms with Gasteiger partial charge in [-0.05, 0) is 55.8 Å². The van der Waals surface area contributed by atoms with Gasteiger partial charge < -0.3 is 0 Å². The van der Waals surface area contributed by atoms with Crippen LogP contribution in [0.15, 0.2) is 42.5 Å². The molecule has 2 nitrogen and oxygen atoms in total. The van der Waals surface area contributed by atoms with Crippen molar-refractivity contribution in [3.05, 3.63) is 58.9 Å². The number of aromatic nitrogens is 2. The maximum absolute atomic E-state index is 6.29. The molecule has 0 saturated heterocycles. The number of hydrogen-bond acceptors (Lipinski definition) is 1. The van der Waals surface area contributed by atoms with Crippen LogP contribution in [0.5, 0.6) is 0 Å². The van der Waals surface area contributed by atoms with Crippen LogP contribution < -0.4 is 0 Å². The molecule has 4 heteroatoms. The van der Waals surface area contributed by atoms with Gasteiger partial charge in [-0.3, -0.25) is 4.57 Å². The van der Waals surface area contributed by atoms with Crippen LogP contribution in [0.25, 0.3) is 16.7 Å². The highest BCUT2D eigenvalue weighted by molar-refractivity contribution is 6.30. The van der Waals surface area contributed by atoms with Crippen molar-refractivity contribution in [1.82, 2.24) is 9.55 Å². The van der Waals surface area contributed by atoms with Crippen molar-refractivity contribution in [3.8, 4) is 5.69 Å². The number of halogens is 2. The van der Waals surface area contributed by atoms with Gasteiger partial charge >= 0.3 is 0 Å². The summed E-state index contributed by atoms with van der Waals surface area (Å²) >= 11 is 12.3. The van der Waals surface area contributed by atoms with Crippen molar-refractivity contribution < 1.29 is 0 Å². The molecule has 1 unspecified atom stereocenters. The summed E-state index contributed by atoms with van der Waals surface area (Å²) in [4.78, 5) is 4.67. The van der Waals surface area contributed by atoms with Gasteiger partial charge in [-0.15, -0.1) is 11.6 Å². The number of hydrogen-bond donors (Lipinski definition) is 0. The fraction of sp³-hybridized carbons (Fsp3) is 0.188. The fourth-order valence-corrected chi connectivity index (χ4v) is 2.61. The molecule has 0 aliphatic rings. The standard InChI is InChI=1S/C16H14Cl2N2/c1-10-3-8-15-14(9-10)19-16(11(2)17)20(15)13-6-4-12(18)5-7-13/h3-9,11H,1-2H3. The molecule has 1 aromatic heterocycles. The summed E-state index contributed by atoms with van der Waals surface area (Å²) in [6.45, 7) is 3.99. The second kappa shape index (κ2) is 5.12. The molecule has 0 bridgehead atoms. The number of rotatable bonds is 2. The Labute approximate surface area is 128 Å². The Balaban J connectivity index is 2.31. The van der Waals surface area contributed by atoms with E-state index >= 15 is 0 Å². The molecule has 1 heterocycles. The van der Waals surface area contributed by atoms with E-state index in [0.29, 0.717) is 0 Å². The minimum Gasteiger partial charge on any atom is -0.295 e. The Morgan fingerprint density at radius 2 is 1.80 bits per heavy atom. The molecule has 0 saturated carbocycles. The summed E-state index contributed by atoms with van der Waals surface area (Å²) in [6, 6.07) is 13.9. The van der Waals surface area contributed by atoms with Crippen LogP contribution in [0.3, 0.4) is 0 Å². The summed E-state index contributed by atoms with van der Waals surface area (Å²) < 4.78 is 2.09. The van der Waals surface area contributed by atoms with E-state index in [9.17, 15) is 0 Å². The highest BCUT2D eigenvalue weighted by Crippen LogP contribution is 2.29. The average molecular weight is 305 g/mol. The van der Waals surface area contributed by atoms with Crippen molar-refractivity contribution in [1.29, 1.82) is 0 Å². The Morgan fingerprint density at radius 1 is 1.10 bits per heavy atom. The largest absolute Gasteiger partial charge is 0.295 e. The number of aryl methyl sites for hydroxylation is 1. The van der Waals surface area contributed by atoms with Crippen molar-refractivity contribution >= 4 is 34.2 Å². The second-order valence-electron chi connectivity index (χ2n) is 4.89. The van der Waals surface area contributed by atoms with Crippen molar-refractivity contribution in [2.75, 3.05) is 0 Å². The minimum absolute atomic E-state index is 0.168. The van der Waals surface area contributed by atoms with E-state index in [0.717, 1.165) is 27.6 Å². The van der Waals surface area contributed by atoms with Gasteiger partial charge in [0.2, 0.25) is 0 Å². The van der Waals surface area contributed by atoms with Gasteiger partial charge in [0.05, 0.1) is 16.4 Å². The van der Waals surface area contributed by atoms with Gasteiger partial charge in [0.1, 0.15) is 5.82 Å². The summed E-state index contributed by atoms with van der Waals surface area (Å²) in [5.41, 5.74) is 4.22. The highest BCUT2D eigenvalue weighted by Gasteiger charge is 2.16. The maximum atomic E-state index is 6.29. The SMILES string of the molecule is Cc1ccc2c(c1)nc(C(C)Cl)n2-c1ccc(Cl)cc1. The number of fused-ring (bicyclic) bond motifs is 1.